The second-order valence-electron chi connectivity index (χ2n) is 4.40. The quantitative estimate of drug-likeness (QED) is 0.589. The van der Waals surface area contributed by atoms with E-state index in [1.54, 1.807) is 12.3 Å². The van der Waals surface area contributed by atoms with E-state index in [1.807, 2.05) is 0 Å². The third-order valence-corrected chi connectivity index (χ3v) is 2.37. The number of anilines is 3. The Labute approximate surface area is 108 Å². The third-order valence-electron chi connectivity index (χ3n) is 2.37. The van der Waals surface area contributed by atoms with Gasteiger partial charge < -0.3 is 26.4 Å². The van der Waals surface area contributed by atoms with E-state index in [9.17, 15) is 0 Å². The van der Waals surface area contributed by atoms with Gasteiger partial charge in [-0.05, 0) is 33.1 Å². The predicted molar refractivity (Wildman–Crippen MR) is 75.5 cm³/mol. The van der Waals surface area contributed by atoms with Crippen LogP contribution in [0.15, 0.2) is 12.3 Å². The van der Waals surface area contributed by atoms with Gasteiger partial charge in [0.05, 0.1) is 24.2 Å². The summed E-state index contributed by atoms with van der Waals surface area (Å²) in [5.74, 6) is 0.654. The number of nitrogens with two attached hydrogens (primary N) is 2. The molecule has 5 N–H and O–H groups in total. The monoisotopic (exact) mass is 253 g/mol. The third kappa shape index (κ3) is 5.70. The van der Waals surface area contributed by atoms with E-state index in [4.69, 9.17) is 16.2 Å². The van der Waals surface area contributed by atoms with Crippen molar-refractivity contribution in [3.63, 3.8) is 0 Å². The van der Waals surface area contributed by atoms with Crippen LogP contribution in [-0.4, -0.2) is 50.3 Å². The first kappa shape index (κ1) is 14.5. The standard InChI is InChI=1S/C12H23N5O/c1-17(2)5-3-6-18-7-4-15-12-11(14)8-10(13)9-16-12/h8-9H,3-7,13-14H2,1-2H3,(H,15,16). The zero-order chi connectivity index (χ0) is 13.4. The maximum Gasteiger partial charge on any atom is 0.149 e. The lowest BCUT2D eigenvalue weighted by molar-refractivity contribution is 0.135. The number of aromatic nitrogens is 1. The molecule has 1 aromatic heterocycles. The molecule has 0 saturated heterocycles. The molecule has 0 aliphatic rings. The lowest BCUT2D eigenvalue weighted by Gasteiger charge is -2.11. The summed E-state index contributed by atoms with van der Waals surface area (Å²) in [6.07, 6.45) is 2.62. The van der Waals surface area contributed by atoms with Gasteiger partial charge in [-0.2, -0.15) is 0 Å². The Hall–Kier alpha value is -1.53. The summed E-state index contributed by atoms with van der Waals surface area (Å²) in [4.78, 5) is 6.25. The van der Waals surface area contributed by atoms with Crippen molar-refractivity contribution in [3.05, 3.63) is 12.3 Å². The number of nitrogens with one attached hydrogen (secondary N) is 1. The van der Waals surface area contributed by atoms with Crippen LogP contribution in [0, 0.1) is 0 Å². The first-order valence-electron chi connectivity index (χ1n) is 6.07. The van der Waals surface area contributed by atoms with Crippen molar-refractivity contribution in [2.45, 2.75) is 6.42 Å². The van der Waals surface area contributed by atoms with Gasteiger partial charge >= 0.3 is 0 Å². The average molecular weight is 253 g/mol. The molecule has 18 heavy (non-hydrogen) atoms. The molecule has 0 aliphatic carbocycles. The van der Waals surface area contributed by atoms with Gasteiger partial charge in [0.2, 0.25) is 0 Å². The molecule has 0 bridgehead atoms. The predicted octanol–water partition coefficient (Wildman–Crippen LogP) is 0.626. The molecule has 6 nitrogen and oxygen atoms in total. The van der Waals surface area contributed by atoms with Gasteiger partial charge in [0.1, 0.15) is 5.82 Å². The second kappa shape index (κ2) is 7.73. The molecule has 1 heterocycles. The largest absolute Gasteiger partial charge is 0.397 e. The van der Waals surface area contributed by atoms with Crippen LogP contribution >= 0.6 is 0 Å². The lowest BCUT2D eigenvalue weighted by Crippen LogP contribution is -2.16. The molecule has 1 rings (SSSR count). The summed E-state index contributed by atoms with van der Waals surface area (Å²) in [6, 6.07) is 1.69. The maximum atomic E-state index is 5.77. The fraction of sp³-hybridized carbons (Fsp3) is 0.583. The summed E-state index contributed by atoms with van der Waals surface area (Å²) < 4.78 is 5.49. The minimum atomic E-state index is 0.558. The van der Waals surface area contributed by atoms with Gasteiger partial charge in [-0.15, -0.1) is 0 Å². The molecule has 0 aromatic carbocycles. The van der Waals surface area contributed by atoms with Crippen molar-refractivity contribution in [1.82, 2.24) is 9.88 Å². The Bertz CT molecular complexity index is 356. The lowest BCUT2D eigenvalue weighted by atomic mass is 10.3. The minimum Gasteiger partial charge on any atom is -0.397 e. The molecule has 1 aromatic rings. The van der Waals surface area contributed by atoms with Crippen molar-refractivity contribution < 1.29 is 4.74 Å². The Morgan fingerprint density at radius 3 is 2.78 bits per heavy atom. The Morgan fingerprint density at radius 2 is 2.11 bits per heavy atom. The Morgan fingerprint density at radius 1 is 1.33 bits per heavy atom. The van der Waals surface area contributed by atoms with Crippen LogP contribution in [0.2, 0.25) is 0 Å². The van der Waals surface area contributed by atoms with Crippen molar-refractivity contribution >= 4 is 17.2 Å². The molecule has 6 heteroatoms. The summed E-state index contributed by atoms with van der Waals surface area (Å²) in [6.45, 7) is 3.13. The van der Waals surface area contributed by atoms with E-state index >= 15 is 0 Å². The molecule has 0 amide bonds. The molecule has 0 fully saturated rings. The normalized spacial score (nSPS) is 10.8. The highest BCUT2D eigenvalue weighted by molar-refractivity contribution is 5.65. The summed E-state index contributed by atoms with van der Waals surface area (Å²) in [5, 5.41) is 3.11. The van der Waals surface area contributed by atoms with Gasteiger partial charge in [0.25, 0.3) is 0 Å². The molecule has 0 aliphatic heterocycles. The van der Waals surface area contributed by atoms with Gasteiger partial charge in [-0.1, -0.05) is 0 Å². The number of hydrogen-bond acceptors (Lipinski definition) is 6. The smallest absolute Gasteiger partial charge is 0.149 e. The molecular weight excluding hydrogens is 230 g/mol. The molecule has 0 spiro atoms. The van der Waals surface area contributed by atoms with Gasteiger partial charge in [-0.3, -0.25) is 0 Å². The molecule has 102 valence electrons. The summed E-state index contributed by atoms with van der Waals surface area (Å²) in [7, 11) is 4.11. The van der Waals surface area contributed by atoms with E-state index in [1.165, 1.54) is 0 Å². The molecule has 0 unspecified atom stereocenters. The number of nitrogens with zero attached hydrogens (tertiary/aromatic N) is 2. The fourth-order valence-electron chi connectivity index (χ4n) is 1.47. The minimum absolute atomic E-state index is 0.558. The summed E-state index contributed by atoms with van der Waals surface area (Å²) in [5.41, 5.74) is 12.5. The van der Waals surface area contributed by atoms with Gasteiger partial charge in [0, 0.05) is 13.2 Å². The van der Waals surface area contributed by atoms with Crippen molar-refractivity contribution in [1.29, 1.82) is 0 Å². The zero-order valence-electron chi connectivity index (χ0n) is 11.1. The van der Waals surface area contributed by atoms with Crippen molar-refractivity contribution in [2.75, 3.05) is 57.2 Å². The second-order valence-corrected chi connectivity index (χ2v) is 4.40. The van der Waals surface area contributed by atoms with Crippen molar-refractivity contribution in [3.8, 4) is 0 Å². The average Bonchev–Trinajstić information content (AvgIpc) is 2.30. The first-order valence-corrected chi connectivity index (χ1v) is 6.07. The van der Waals surface area contributed by atoms with E-state index in [-0.39, 0.29) is 0 Å². The van der Waals surface area contributed by atoms with Crippen LogP contribution in [0.4, 0.5) is 17.2 Å². The van der Waals surface area contributed by atoms with E-state index < -0.39 is 0 Å². The molecule has 0 saturated carbocycles. The SMILES string of the molecule is CN(C)CCCOCCNc1ncc(N)cc1N. The van der Waals surface area contributed by atoms with Crippen molar-refractivity contribution in [2.24, 2.45) is 0 Å². The van der Waals surface area contributed by atoms with Gasteiger partial charge in [0.15, 0.2) is 0 Å². The Balaban J connectivity index is 2.11. The number of pyridine rings is 1. The van der Waals surface area contributed by atoms with Gasteiger partial charge in [-0.25, -0.2) is 4.98 Å². The highest BCUT2D eigenvalue weighted by Crippen LogP contribution is 2.16. The fourth-order valence-corrected chi connectivity index (χ4v) is 1.47. The number of ether oxygens (including phenoxy) is 1. The van der Waals surface area contributed by atoms with Crippen LogP contribution in [0.5, 0.6) is 0 Å². The maximum absolute atomic E-state index is 5.77. The van der Waals surface area contributed by atoms with Crippen LogP contribution < -0.4 is 16.8 Å². The number of nitrogen functional groups attached to an aromatic ring is 2. The highest BCUT2D eigenvalue weighted by Gasteiger charge is 2.00. The summed E-state index contributed by atoms with van der Waals surface area (Å²) >= 11 is 0. The number of hydrogen-bond donors (Lipinski definition) is 3. The molecular formula is C12H23N5O. The zero-order valence-corrected chi connectivity index (χ0v) is 11.1. The van der Waals surface area contributed by atoms with E-state index in [2.05, 4.69) is 29.3 Å². The molecule has 0 atom stereocenters. The van der Waals surface area contributed by atoms with Crippen LogP contribution in [0.3, 0.4) is 0 Å². The number of rotatable bonds is 8. The van der Waals surface area contributed by atoms with E-state index in [0.29, 0.717) is 30.3 Å². The van der Waals surface area contributed by atoms with E-state index in [0.717, 1.165) is 19.6 Å². The first-order chi connectivity index (χ1) is 8.59. The van der Waals surface area contributed by atoms with Crippen LogP contribution in [0.1, 0.15) is 6.42 Å². The highest BCUT2D eigenvalue weighted by atomic mass is 16.5. The van der Waals surface area contributed by atoms with Crippen LogP contribution in [0.25, 0.3) is 0 Å². The Kier molecular flexibility index (Phi) is 6.24. The van der Waals surface area contributed by atoms with Crippen LogP contribution in [-0.2, 0) is 4.74 Å². The molecule has 0 radical (unpaired) electrons. The topological polar surface area (TPSA) is 89.4 Å².